The molecule has 1 aromatic carbocycles. The fourth-order valence-corrected chi connectivity index (χ4v) is 1.46. The molecule has 3 N–H and O–H groups in total. The molecule has 0 saturated heterocycles. The summed E-state index contributed by atoms with van der Waals surface area (Å²) in [6.45, 7) is 1.04. The summed E-state index contributed by atoms with van der Waals surface area (Å²) < 4.78 is 5.14. The van der Waals surface area contributed by atoms with Crippen molar-refractivity contribution in [3.05, 3.63) is 29.8 Å². The standard InChI is InChI=1S/C12H18N2O2/c1-16-11-6-2-4-10(8-11)5-3-7-14-9-12(13)15/h2,4,6,8,14H,3,5,7,9H2,1H3,(H2,13,15). The van der Waals surface area contributed by atoms with Gasteiger partial charge in [0.15, 0.2) is 0 Å². The Balaban J connectivity index is 2.23. The van der Waals surface area contributed by atoms with Crippen LogP contribution in [0.3, 0.4) is 0 Å². The number of hydrogen-bond acceptors (Lipinski definition) is 3. The van der Waals surface area contributed by atoms with Gasteiger partial charge in [-0.05, 0) is 37.1 Å². The van der Waals surface area contributed by atoms with E-state index in [2.05, 4.69) is 11.4 Å². The molecule has 0 radical (unpaired) electrons. The normalized spacial score (nSPS) is 10.1. The molecule has 0 atom stereocenters. The summed E-state index contributed by atoms with van der Waals surface area (Å²) in [7, 11) is 1.66. The lowest BCUT2D eigenvalue weighted by molar-refractivity contribution is -0.117. The van der Waals surface area contributed by atoms with Gasteiger partial charge in [-0.1, -0.05) is 12.1 Å². The number of ether oxygens (including phenoxy) is 1. The summed E-state index contributed by atoms with van der Waals surface area (Å²) in [6.07, 6.45) is 1.93. The van der Waals surface area contributed by atoms with Crippen LogP contribution in [0.15, 0.2) is 24.3 Å². The van der Waals surface area contributed by atoms with Crippen molar-refractivity contribution in [2.45, 2.75) is 12.8 Å². The molecule has 4 heteroatoms. The van der Waals surface area contributed by atoms with Gasteiger partial charge in [0.25, 0.3) is 0 Å². The van der Waals surface area contributed by atoms with Crippen molar-refractivity contribution in [1.29, 1.82) is 0 Å². The number of primary amides is 1. The minimum absolute atomic E-state index is 0.248. The Morgan fingerprint density at radius 3 is 3.00 bits per heavy atom. The summed E-state index contributed by atoms with van der Waals surface area (Å²) >= 11 is 0. The molecule has 0 saturated carbocycles. The zero-order valence-corrected chi connectivity index (χ0v) is 9.53. The molecule has 16 heavy (non-hydrogen) atoms. The number of hydrogen-bond donors (Lipinski definition) is 2. The molecule has 0 heterocycles. The predicted molar refractivity (Wildman–Crippen MR) is 63.4 cm³/mol. The molecule has 0 unspecified atom stereocenters. The fraction of sp³-hybridized carbons (Fsp3) is 0.417. The second-order valence-corrected chi connectivity index (χ2v) is 3.60. The molecule has 0 aliphatic heterocycles. The van der Waals surface area contributed by atoms with Gasteiger partial charge < -0.3 is 15.8 Å². The fourth-order valence-electron chi connectivity index (χ4n) is 1.46. The maximum atomic E-state index is 10.5. The quantitative estimate of drug-likeness (QED) is 0.668. The van der Waals surface area contributed by atoms with Crippen molar-refractivity contribution in [3.63, 3.8) is 0 Å². The Morgan fingerprint density at radius 1 is 1.50 bits per heavy atom. The van der Waals surface area contributed by atoms with Crippen LogP contribution in [0.4, 0.5) is 0 Å². The second kappa shape index (κ2) is 6.85. The number of nitrogens with two attached hydrogens (primary N) is 1. The highest BCUT2D eigenvalue weighted by Gasteiger charge is 1.97. The number of amides is 1. The second-order valence-electron chi connectivity index (χ2n) is 3.60. The first kappa shape index (κ1) is 12.5. The Morgan fingerprint density at radius 2 is 2.31 bits per heavy atom. The summed E-state index contributed by atoms with van der Waals surface area (Å²) in [5.74, 6) is 0.559. The smallest absolute Gasteiger partial charge is 0.231 e. The van der Waals surface area contributed by atoms with Crippen LogP contribution in [-0.4, -0.2) is 26.1 Å². The van der Waals surface area contributed by atoms with E-state index in [1.807, 2.05) is 18.2 Å². The van der Waals surface area contributed by atoms with Gasteiger partial charge in [0, 0.05) is 0 Å². The van der Waals surface area contributed by atoms with E-state index in [-0.39, 0.29) is 12.5 Å². The molecule has 88 valence electrons. The van der Waals surface area contributed by atoms with E-state index in [1.165, 1.54) is 5.56 Å². The molecular formula is C12H18N2O2. The third-order valence-electron chi connectivity index (χ3n) is 2.25. The Bertz CT molecular complexity index is 340. The number of carbonyl (C=O) groups excluding carboxylic acids is 1. The molecular weight excluding hydrogens is 204 g/mol. The highest BCUT2D eigenvalue weighted by Crippen LogP contribution is 2.13. The molecule has 4 nitrogen and oxygen atoms in total. The average Bonchev–Trinajstić information content (AvgIpc) is 2.28. The Labute approximate surface area is 95.8 Å². The average molecular weight is 222 g/mol. The number of benzene rings is 1. The lowest BCUT2D eigenvalue weighted by Crippen LogP contribution is -2.29. The van der Waals surface area contributed by atoms with Gasteiger partial charge in [-0.2, -0.15) is 0 Å². The number of carbonyl (C=O) groups is 1. The summed E-state index contributed by atoms with van der Waals surface area (Å²) in [5.41, 5.74) is 6.24. The van der Waals surface area contributed by atoms with E-state index >= 15 is 0 Å². The minimum atomic E-state index is -0.318. The highest BCUT2D eigenvalue weighted by atomic mass is 16.5. The SMILES string of the molecule is COc1cccc(CCCNCC(N)=O)c1. The third kappa shape index (κ3) is 4.79. The molecule has 0 aliphatic rings. The van der Waals surface area contributed by atoms with Gasteiger partial charge in [0.1, 0.15) is 5.75 Å². The molecule has 0 fully saturated rings. The molecule has 0 aliphatic carbocycles. The summed E-state index contributed by atoms with van der Waals surface area (Å²) in [4.78, 5) is 10.5. The van der Waals surface area contributed by atoms with E-state index in [0.29, 0.717) is 0 Å². The van der Waals surface area contributed by atoms with E-state index in [0.717, 1.165) is 25.1 Å². The van der Waals surface area contributed by atoms with E-state index in [4.69, 9.17) is 10.5 Å². The van der Waals surface area contributed by atoms with E-state index in [1.54, 1.807) is 7.11 Å². The van der Waals surface area contributed by atoms with Crippen molar-refractivity contribution in [2.75, 3.05) is 20.2 Å². The van der Waals surface area contributed by atoms with Crippen molar-refractivity contribution in [3.8, 4) is 5.75 Å². The minimum Gasteiger partial charge on any atom is -0.497 e. The van der Waals surface area contributed by atoms with E-state index < -0.39 is 0 Å². The van der Waals surface area contributed by atoms with Gasteiger partial charge in [0.05, 0.1) is 13.7 Å². The van der Waals surface area contributed by atoms with Gasteiger partial charge >= 0.3 is 0 Å². The topological polar surface area (TPSA) is 64.3 Å². The zero-order valence-electron chi connectivity index (χ0n) is 9.53. The third-order valence-corrected chi connectivity index (χ3v) is 2.25. The lowest BCUT2D eigenvalue weighted by Gasteiger charge is -2.05. The molecule has 0 aromatic heterocycles. The van der Waals surface area contributed by atoms with Crippen LogP contribution < -0.4 is 15.8 Å². The Kier molecular flexibility index (Phi) is 5.36. The first-order chi connectivity index (χ1) is 7.72. The summed E-state index contributed by atoms with van der Waals surface area (Å²) in [5, 5.41) is 2.98. The van der Waals surface area contributed by atoms with Gasteiger partial charge in [-0.25, -0.2) is 0 Å². The van der Waals surface area contributed by atoms with Crippen LogP contribution in [0.25, 0.3) is 0 Å². The number of aryl methyl sites for hydroxylation is 1. The first-order valence-corrected chi connectivity index (χ1v) is 5.34. The highest BCUT2D eigenvalue weighted by molar-refractivity contribution is 5.75. The van der Waals surface area contributed by atoms with Gasteiger partial charge in [0.2, 0.25) is 5.91 Å². The predicted octanol–water partition coefficient (Wildman–Crippen LogP) is 0.703. The van der Waals surface area contributed by atoms with Crippen LogP contribution in [0.2, 0.25) is 0 Å². The Hall–Kier alpha value is -1.55. The van der Waals surface area contributed by atoms with Crippen LogP contribution in [0.5, 0.6) is 5.75 Å². The van der Waals surface area contributed by atoms with Crippen molar-refractivity contribution in [2.24, 2.45) is 5.73 Å². The number of rotatable bonds is 7. The molecule has 1 rings (SSSR count). The van der Waals surface area contributed by atoms with Crippen LogP contribution >= 0.6 is 0 Å². The van der Waals surface area contributed by atoms with Gasteiger partial charge in [-0.3, -0.25) is 4.79 Å². The maximum absolute atomic E-state index is 10.5. The molecule has 0 bridgehead atoms. The van der Waals surface area contributed by atoms with Crippen LogP contribution in [-0.2, 0) is 11.2 Å². The first-order valence-electron chi connectivity index (χ1n) is 5.34. The molecule has 0 spiro atoms. The largest absolute Gasteiger partial charge is 0.497 e. The maximum Gasteiger partial charge on any atom is 0.231 e. The van der Waals surface area contributed by atoms with Crippen molar-refractivity contribution in [1.82, 2.24) is 5.32 Å². The van der Waals surface area contributed by atoms with Crippen LogP contribution in [0.1, 0.15) is 12.0 Å². The van der Waals surface area contributed by atoms with E-state index in [9.17, 15) is 4.79 Å². The van der Waals surface area contributed by atoms with Crippen LogP contribution in [0, 0.1) is 0 Å². The lowest BCUT2D eigenvalue weighted by atomic mass is 10.1. The van der Waals surface area contributed by atoms with Gasteiger partial charge in [-0.15, -0.1) is 0 Å². The van der Waals surface area contributed by atoms with Crippen molar-refractivity contribution < 1.29 is 9.53 Å². The zero-order chi connectivity index (χ0) is 11.8. The monoisotopic (exact) mass is 222 g/mol. The summed E-state index contributed by atoms with van der Waals surface area (Å²) in [6, 6.07) is 7.99. The molecule has 1 amide bonds. The number of nitrogens with one attached hydrogen (secondary N) is 1. The number of methoxy groups -OCH3 is 1. The molecule has 1 aromatic rings. The van der Waals surface area contributed by atoms with Crippen molar-refractivity contribution >= 4 is 5.91 Å².